The number of amides is 1. The number of carbonyl (C=O) groups is 1. The van der Waals surface area contributed by atoms with Gasteiger partial charge in [0.25, 0.3) is 0 Å². The molecule has 2 rings (SSSR count). The summed E-state index contributed by atoms with van der Waals surface area (Å²) in [6, 6.07) is 3.83. The number of aromatic nitrogens is 3. The smallest absolute Gasteiger partial charge is 0.245 e. The van der Waals surface area contributed by atoms with Crippen molar-refractivity contribution in [2.75, 3.05) is 5.73 Å². The SMILES string of the molecule is Cc1ccc(CN(C(=O)Cn2cnc(N)n2)C(C)C)o1. The van der Waals surface area contributed by atoms with Crippen LogP contribution in [0.1, 0.15) is 25.4 Å². The van der Waals surface area contributed by atoms with E-state index in [9.17, 15) is 4.79 Å². The molecule has 2 N–H and O–H groups in total. The van der Waals surface area contributed by atoms with Crippen molar-refractivity contribution in [3.63, 3.8) is 0 Å². The van der Waals surface area contributed by atoms with Crippen molar-refractivity contribution >= 4 is 11.9 Å². The Labute approximate surface area is 117 Å². The Morgan fingerprint density at radius 1 is 1.50 bits per heavy atom. The Morgan fingerprint density at radius 2 is 2.25 bits per heavy atom. The molecule has 2 aromatic rings. The van der Waals surface area contributed by atoms with Crippen LogP contribution in [0.3, 0.4) is 0 Å². The summed E-state index contributed by atoms with van der Waals surface area (Å²) in [6.07, 6.45) is 1.45. The minimum absolute atomic E-state index is 0.0565. The molecule has 0 saturated carbocycles. The van der Waals surface area contributed by atoms with Gasteiger partial charge in [0.1, 0.15) is 24.4 Å². The van der Waals surface area contributed by atoms with Crippen LogP contribution in [0.5, 0.6) is 0 Å². The third-order valence-electron chi connectivity index (χ3n) is 2.92. The summed E-state index contributed by atoms with van der Waals surface area (Å²) in [6.45, 7) is 6.35. The van der Waals surface area contributed by atoms with E-state index in [2.05, 4.69) is 10.1 Å². The van der Waals surface area contributed by atoms with Crippen molar-refractivity contribution in [2.24, 2.45) is 0 Å². The second-order valence-corrected chi connectivity index (χ2v) is 4.93. The predicted molar refractivity (Wildman–Crippen MR) is 73.6 cm³/mol. The molecule has 2 heterocycles. The molecule has 0 aliphatic heterocycles. The number of carbonyl (C=O) groups excluding carboxylic acids is 1. The van der Waals surface area contributed by atoms with Gasteiger partial charge in [0.05, 0.1) is 6.54 Å². The molecule has 7 heteroatoms. The van der Waals surface area contributed by atoms with Gasteiger partial charge in [-0.05, 0) is 32.9 Å². The molecule has 0 aliphatic carbocycles. The third kappa shape index (κ3) is 3.37. The first-order valence-electron chi connectivity index (χ1n) is 6.45. The Kier molecular flexibility index (Phi) is 4.07. The lowest BCUT2D eigenvalue weighted by atomic mass is 10.3. The van der Waals surface area contributed by atoms with Crippen LogP contribution < -0.4 is 5.73 Å². The lowest BCUT2D eigenvalue weighted by molar-refractivity contribution is -0.134. The van der Waals surface area contributed by atoms with Crippen LogP contribution in [-0.4, -0.2) is 31.6 Å². The normalized spacial score (nSPS) is 11.0. The average molecular weight is 277 g/mol. The monoisotopic (exact) mass is 277 g/mol. The summed E-state index contributed by atoms with van der Waals surface area (Å²) in [4.78, 5) is 17.9. The number of furan rings is 1. The Bertz CT molecular complexity index is 587. The van der Waals surface area contributed by atoms with Gasteiger partial charge >= 0.3 is 0 Å². The maximum atomic E-state index is 12.3. The Morgan fingerprint density at radius 3 is 2.75 bits per heavy atom. The minimum atomic E-state index is -0.0565. The second-order valence-electron chi connectivity index (χ2n) is 4.93. The zero-order valence-electron chi connectivity index (χ0n) is 11.9. The third-order valence-corrected chi connectivity index (χ3v) is 2.92. The molecule has 0 radical (unpaired) electrons. The van der Waals surface area contributed by atoms with Crippen molar-refractivity contribution in [3.05, 3.63) is 30.0 Å². The highest BCUT2D eigenvalue weighted by molar-refractivity contribution is 5.76. The van der Waals surface area contributed by atoms with Crippen LogP contribution in [0.2, 0.25) is 0 Å². The number of nitrogens with zero attached hydrogens (tertiary/aromatic N) is 4. The van der Waals surface area contributed by atoms with E-state index in [1.54, 1.807) is 4.90 Å². The Hall–Kier alpha value is -2.31. The van der Waals surface area contributed by atoms with Crippen LogP contribution in [-0.2, 0) is 17.9 Å². The highest BCUT2D eigenvalue weighted by Crippen LogP contribution is 2.12. The number of hydrogen-bond donors (Lipinski definition) is 1. The molecular weight excluding hydrogens is 258 g/mol. The molecule has 0 spiro atoms. The topological polar surface area (TPSA) is 90.2 Å². The standard InChI is InChI=1S/C13H19N5O2/c1-9(2)18(6-11-5-4-10(3)20-11)12(19)7-17-8-15-13(14)16-17/h4-5,8-9H,6-7H2,1-3H3,(H2,14,16). The van der Waals surface area contributed by atoms with Crippen molar-refractivity contribution < 1.29 is 9.21 Å². The fourth-order valence-electron chi connectivity index (χ4n) is 1.91. The number of anilines is 1. The second kappa shape index (κ2) is 5.77. The molecule has 0 aromatic carbocycles. The van der Waals surface area contributed by atoms with Gasteiger partial charge in [0.2, 0.25) is 11.9 Å². The summed E-state index contributed by atoms with van der Waals surface area (Å²) in [7, 11) is 0. The fourth-order valence-corrected chi connectivity index (χ4v) is 1.91. The van der Waals surface area contributed by atoms with E-state index in [0.29, 0.717) is 6.54 Å². The van der Waals surface area contributed by atoms with Crippen LogP contribution in [0, 0.1) is 6.92 Å². The zero-order chi connectivity index (χ0) is 14.7. The molecule has 1 amide bonds. The minimum Gasteiger partial charge on any atom is -0.464 e. The van der Waals surface area contributed by atoms with E-state index in [4.69, 9.17) is 10.2 Å². The van der Waals surface area contributed by atoms with Gasteiger partial charge in [0.15, 0.2) is 0 Å². The van der Waals surface area contributed by atoms with Crippen molar-refractivity contribution in [3.8, 4) is 0 Å². The number of rotatable bonds is 5. The van der Waals surface area contributed by atoms with E-state index in [1.165, 1.54) is 11.0 Å². The fraction of sp³-hybridized carbons (Fsp3) is 0.462. The number of hydrogen-bond acceptors (Lipinski definition) is 5. The van der Waals surface area contributed by atoms with Gasteiger partial charge in [-0.15, -0.1) is 5.10 Å². The van der Waals surface area contributed by atoms with E-state index in [0.717, 1.165) is 11.5 Å². The summed E-state index contributed by atoms with van der Waals surface area (Å²) < 4.78 is 6.95. The first-order valence-corrected chi connectivity index (χ1v) is 6.45. The van der Waals surface area contributed by atoms with Gasteiger partial charge in [-0.1, -0.05) is 0 Å². The van der Waals surface area contributed by atoms with Crippen LogP contribution in [0.25, 0.3) is 0 Å². The highest BCUT2D eigenvalue weighted by atomic mass is 16.3. The van der Waals surface area contributed by atoms with Gasteiger partial charge in [-0.25, -0.2) is 9.67 Å². The Balaban J connectivity index is 2.06. The zero-order valence-corrected chi connectivity index (χ0v) is 11.9. The molecule has 0 unspecified atom stereocenters. The van der Waals surface area contributed by atoms with Gasteiger partial charge < -0.3 is 15.1 Å². The average Bonchev–Trinajstić information content (AvgIpc) is 2.95. The lowest BCUT2D eigenvalue weighted by Gasteiger charge is -2.25. The van der Waals surface area contributed by atoms with Crippen molar-refractivity contribution in [1.29, 1.82) is 0 Å². The van der Waals surface area contributed by atoms with Gasteiger partial charge in [-0.3, -0.25) is 4.79 Å². The van der Waals surface area contributed by atoms with Crippen molar-refractivity contribution in [1.82, 2.24) is 19.7 Å². The van der Waals surface area contributed by atoms with E-state index in [1.807, 2.05) is 32.9 Å². The van der Waals surface area contributed by atoms with Crippen LogP contribution in [0.15, 0.2) is 22.9 Å². The maximum Gasteiger partial charge on any atom is 0.245 e. The van der Waals surface area contributed by atoms with Crippen molar-refractivity contribution in [2.45, 2.75) is 39.9 Å². The molecule has 7 nitrogen and oxygen atoms in total. The highest BCUT2D eigenvalue weighted by Gasteiger charge is 2.19. The molecule has 0 aliphatic rings. The summed E-state index contributed by atoms with van der Waals surface area (Å²) in [5.41, 5.74) is 5.43. The summed E-state index contributed by atoms with van der Waals surface area (Å²) in [5, 5.41) is 3.92. The maximum absolute atomic E-state index is 12.3. The molecule has 0 atom stereocenters. The summed E-state index contributed by atoms with van der Waals surface area (Å²) >= 11 is 0. The molecule has 0 fully saturated rings. The lowest BCUT2D eigenvalue weighted by Crippen LogP contribution is -2.38. The molecular formula is C13H19N5O2. The summed E-state index contributed by atoms with van der Waals surface area (Å²) in [5.74, 6) is 1.71. The van der Waals surface area contributed by atoms with E-state index >= 15 is 0 Å². The number of aryl methyl sites for hydroxylation is 1. The quantitative estimate of drug-likeness (QED) is 0.886. The molecule has 2 aromatic heterocycles. The molecule has 0 saturated heterocycles. The number of nitrogen functional groups attached to an aromatic ring is 1. The molecule has 108 valence electrons. The first-order chi connectivity index (χ1) is 9.45. The number of nitrogens with two attached hydrogens (primary N) is 1. The van der Waals surface area contributed by atoms with Gasteiger partial charge in [0, 0.05) is 6.04 Å². The largest absolute Gasteiger partial charge is 0.464 e. The van der Waals surface area contributed by atoms with Crippen LogP contribution >= 0.6 is 0 Å². The van der Waals surface area contributed by atoms with E-state index in [-0.39, 0.29) is 24.4 Å². The molecule has 0 bridgehead atoms. The molecule has 20 heavy (non-hydrogen) atoms. The first kappa shape index (κ1) is 14.1. The van der Waals surface area contributed by atoms with E-state index < -0.39 is 0 Å². The van der Waals surface area contributed by atoms with Gasteiger partial charge in [-0.2, -0.15) is 0 Å². The van der Waals surface area contributed by atoms with Crippen LogP contribution in [0.4, 0.5) is 5.95 Å². The predicted octanol–water partition coefficient (Wildman–Crippen LogP) is 1.20.